The van der Waals surface area contributed by atoms with Crippen LogP contribution in [0.3, 0.4) is 0 Å². The Kier molecular flexibility index (Phi) is 5.59. The molecule has 5 heteroatoms. The first-order chi connectivity index (χ1) is 12.6. The number of nitrogens with one attached hydrogen (secondary N) is 2. The molecular formula is C21H22N4O. The number of aryl methyl sites for hydroxylation is 2. The maximum atomic E-state index is 12.4. The van der Waals surface area contributed by atoms with Crippen molar-refractivity contribution in [3.05, 3.63) is 83.2 Å². The summed E-state index contributed by atoms with van der Waals surface area (Å²) in [5.41, 5.74) is 4.65. The summed E-state index contributed by atoms with van der Waals surface area (Å²) in [6.07, 6.45) is 2.55. The first-order valence-corrected chi connectivity index (χ1v) is 8.67. The van der Waals surface area contributed by atoms with Crippen LogP contribution in [0, 0.1) is 6.92 Å². The fraction of sp³-hybridized carbons (Fsp3) is 0.190. The Morgan fingerprint density at radius 1 is 0.962 bits per heavy atom. The smallest absolute Gasteiger partial charge is 0.274 e. The quantitative estimate of drug-likeness (QED) is 0.701. The predicted molar refractivity (Wildman–Crippen MR) is 104 cm³/mol. The van der Waals surface area contributed by atoms with Gasteiger partial charge in [-0.3, -0.25) is 4.79 Å². The predicted octanol–water partition coefficient (Wildman–Crippen LogP) is 4.21. The number of hydrogen-bond acceptors (Lipinski definition) is 4. The molecule has 0 atom stereocenters. The Morgan fingerprint density at radius 2 is 1.65 bits per heavy atom. The molecular weight excluding hydrogens is 324 g/mol. The Hall–Kier alpha value is -3.21. The first-order valence-electron chi connectivity index (χ1n) is 8.67. The number of aromatic nitrogens is 2. The minimum absolute atomic E-state index is 0.255. The number of amides is 1. The van der Waals surface area contributed by atoms with Gasteiger partial charge in [-0.1, -0.05) is 48.9 Å². The van der Waals surface area contributed by atoms with Crippen LogP contribution in [0.1, 0.15) is 34.1 Å². The summed E-state index contributed by atoms with van der Waals surface area (Å²) in [5, 5.41) is 6.01. The second kappa shape index (κ2) is 8.25. The van der Waals surface area contributed by atoms with Gasteiger partial charge in [0.25, 0.3) is 5.91 Å². The largest absolute Gasteiger partial charge is 0.350 e. The zero-order valence-corrected chi connectivity index (χ0v) is 15.0. The Morgan fingerprint density at radius 3 is 2.35 bits per heavy atom. The molecule has 1 aromatic heterocycles. The number of carbonyl (C=O) groups is 1. The lowest BCUT2D eigenvalue weighted by Crippen LogP contribution is -2.15. The molecule has 0 aliphatic heterocycles. The minimum atomic E-state index is -0.255. The topological polar surface area (TPSA) is 66.9 Å². The van der Waals surface area contributed by atoms with Crippen molar-refractivity contribution in [1.82, 2.24) is 9.97 Å². The molecule has 1 heterocycles. The highest BCUT2D eigenvalue weighted by Crippen LogP contribution is 2.12. The molecule has 2 aromatic carbocycles. The molecule has 0 spiro atoms. The lowest BCUT2D eigenvalue weighted by Gasteiger charge is -2.08. The molecule has 132 valence electrons. The van der Waals surface area contributed by atoms with Crippen molar-refractivity contribution in [2.24, 2.45) is 0 Å². The highest BCUT2D eigenvalue weighted by Gasteiger charge is 2.09. The van der Waals surface area contributed by atoms with Crippen molar-refractivity contribution in [2.75, 3.05) is 10.6 Å². The molecule has 0 fully saturated rings. The normalized spacial score (nSPS) is 10.4. The number of carbonyl (C=O) groups excluding carboxylic acids is 1. The molecule has 0 unspecified atom stereocenters. The zero-order chi connectivity index (χ0) is 18.4. The van der Waals surface area contributed by atoms with Gasteiger partial charge in [0.2, 0.25) is 5.95 Å². The van der Waals surface area contributed by atoms with E-state index in [1.807, 2.05) is 24.3 Å². The van der Waals surface area contributed by atoms with Crippen LogP contribution in [-0.2, 0) is 13.0 Å². The third kappa shape index (κ3) is 4.66. The van der Waals surface area contributed by atoms with Crippen molar-refractivity contribution >= 4 is 17.5 Å². The molecule has 5 nitrogen and oxygen atoms in total. The van der Waals surface area contributed by atoms with E-state index in [9.17, 15) is 4.79 Å². The number of nitrogens with zero attached hydrogens (tertiary/aromatic N) is 2. The molecule has 3 rings (SSSR count). The lowest BCUT2D eigenvalue weighted by molar-refractivity contribution is 0.102. The van der Waals surface area contributed by atoms with Crippen molar-refractivity contribution in [3.8, 4) is 0 Å². The van der Waals surface area contributed by atoms with Gasteiger partial charge < -0.3 is 10.6 Å². The van der Waals surface area contributed by atoms with E-state index in [1.54, 1.807) is 12.3 Å². The van der Waals surface area contributed by atoms with Crippen LogP contribution < -0.4 is 10.6 Å². The van der Waals surface area contributed by atoms with E-state index >= 15 is 0 Å². The molecule has 0 aliphatic rings. The summed E-state index contributed by atoms with van der Waals surface area (Å²) in [5.74, 6) is 0.176. The molecule has 0 bridgehead atoms. The summed E-state index contributed by atoms with van der Waals surface area (Å²) < 4.78 is 0. The average molecular weight is 346 g/mol. The summed E-state index contributed by atoms with van der Waals surface area (Å²) in [6.45, 7) is 4.75. The Bertz CT molecular complexity index is 873. The highest BCUT2D eigenvalue weighted by atomic mass is 16.1. The molecule has 0 saturated heterocycles. The van der Waals surface area contributed by atoms with E-state index in [0.717, 1.165) is 17.7 Å². The fourth-order valence-corrected chi connectivity index (χ4v) is 2.48. The van der Waals surface area contributed by atoms with Gasteiger partial charge in [0.15, 0.2) is 0 Å². The van der Waals surface area contributed by atoms with Gasteiger partial charge in [-0.05, 0) is 42.7 Å². The van der Waals surface area contributed by atoms with Gasteiger partial charge in [0.1, 0.15) is 5.69 Å². The molecule has 1 amide bonds. The Labute approximate surface area is 153 Å². The number of hydrogen-bond donors (Lipinski definition) is 2. The van der Waals surface area contributed by atoms with E-state index in [0.29, 0.717) is 18.2 Å². The second-order valence-electron chi connectivity index (χ2n) is 6.11. The van der Waals surface area contributed by atoms with E-state index < -0.39 is 0 Å². The number of anilines is 2. The summed E-state index contributed by atoms with van der Waals surface area (Å²) in [4.78, 5) is 20.9. The molecule has 0 saturated carbocycles. The Balaban J connectivity index is 1.63. The van der Waals surface area contributed by atoms with Crippen LogP contribution in [0.4, 0.5) is 11.6 Å². The SMILES string of the molecule is CCc1ccc(NC(=O)c2ccnc(NCc3ccc(C)cc3)n2)cc1. The standard InChI is InChI=1S/C21H22N4O/c1-3-16-8-10-18(11-9-16)24-20(26)19-12-13-22-21(25-19)23-14-17-6-4-15(2)5-7-17/h4-13H,3,14H2,1-2H3,(H,24,26)(H,22,23,25). The molecule has 26 heavy (non-hydrogen) atoms. The van der Waals surface area contributed by atoms with Crippen molar-refractivity contribution < 1.29 is 4.79 Å². The maximum absolute atomic E-state index is 12.4. The van der Waals surface area contributed by atoms with Crippen molar-refractivity contribution in [2.45, 2.75) is 26.8 Å². The van der Waals surface area contributed by atoms with Crippen LogP contribution in [-0.4, -0.2) is 15.9 Å². The molecule has 0 radical (unpaired) electrons. The molecule has 2 N–H and O–H groups in total. The van der Waals surface area contributed by atoms with Gasteiger partial charge >= 0.3 is 0 Å². The van der Waals surface area contributed by atoms with Crippen molar-refractivity contribution in [1.29, 1.82) is 0 Å². The highest BCUT2D eigenvalue weighted by molar-refractivity contribution is 6.02. The van der Waals surface area contributed by atoms with E-state index in [2.05, 4.69) is 58.7 Å². The van der Waals surface area contributed by atoms with Crippen LogP contribution in [0.5, 0.6) is 0 Å². The summed E-state index contributed by atoms with van der Waals surface area (Å²) >= 11 is 0. The van der Waals surface area contributed by atoms with E-state index in [4.69, 9.17) is 0 Å². The van der Waals surface area contributed by atoms with Gasteiger partial charge in [0, 0.05) is 18.4 Å². The van der Waals surface area contributed by atoms with Gasteiger partial charge in [-0.25, -0.2) is 9.97 Å². The number of rotatable bonds is 6. The van der Waals surface area contributed by atoms with Crippen LogP contribution >= 0.6 is 0 Å². The van der Waals surface area contributed by atoms with E-state index in [1.165, 1.54) is 11.1 Å². The zero-order valence-electron chi connectivity index (χ0n) is 15.0. The maximum Gasteiger partial charge on any atom is 0.274 e. The van der Waals surface area contributed by atoms with Crippen LogP contribution in [0.2, 0.25) is 0 Å². The summed E-state index contributed by atoms with van der Waals surface area (Å²) in [7, 11) is 0. The average Bonchev–Trinajstić information content (AvgIpc) is 2.68. The fourth-order valence-electron chi connectivity index (χ4n) is 2.48. The third-order valence-corrected chi connectivity index (χ3v) is 4.08. The number of benzene rings is 2. The second-order valence-corrected chi connectivity index (χ2v) is 6.11. The molecule has 3 aromatic rings. The van der Waals surface area contributed by atoms with Crippen LogP contribution in [0.25, 0.3) is 0 Å². The first kappa shape index (κ1) is 17.6. The summed E-state index contributed by atoms with van der Waals surface area (Å²) in [6, 6.07) is 17.6. The van der Waals surface area contributed by atoms with Gasteiger partial charge in [-0.2, -0.15) is 0 Å². The monoisotopic (exact) mass is 346 g/mol. The lowest BCUT2D eigenvalue weighted by atomic mass is 10.1. The minimum Gasteiger partial charge on any atom is -0.350 e. The van der Waals surface area contributed by atoms with Crippen molar-refractivity contribution in [3.63, 3.8) is 0 Å². The van der Waals surface area contributed by atoms with E-state index in [-0.39, 0.29) is 5.91 Å². The van der Waals surface area contributed by atoms with Gasteiger partial charge in [0.05, 0.1) is 0 Å². The third-order valence-electron chi connectivity index (χ3n) is 4.08. The molecule has 0 aliphatic carbocycles. The van der Waals surface area contributed by atoms with Gasteiger partial charge in [-0.15, -0.1) is 0 Å². The van der Waals surface area contributed by atoms with Crippen LogP contribution in [0.15, 0.2) is 60.8 Å².